The Balaban J connectivity index is 1.91. The fourth-order valence-electron chi connectivity index (χ4n) is 3.88. The lowest BCUT2D eigenvalue weighted by Gasteiger charge is -2.40. The van der Waals surface area contributed by atoms with Crippen LogP contribution in [-0.4, -0.2) is 36.7 Å². The first-order valence-electron chi connectivity index (χ1n) is 8.26. The van der Waals surface area contributed by atoms with E-state index in [4.69, 9.17) is 4.74 Å². The summed E-state index contributed by atoms with van der Waals surface area (Å²) in [7, 11) is 2.21. The maximum Gasteiger partial charge on any atom is 0.125 e. The summed E-state index contributed by atoms with van der Waals surface area (Å²) in [6, 6.07) is 7.64. The number of nitrogens with one attached hydrogen (secondary N) is 1. The van der Waals surface area contributed by atoms with Gasteiger partial charge in [-0.1, -0.05) is 24.6 Å². The van der Waals surface area contributed by atoms with Crippen LogP contribution >= 0.6 is 0 Å². The van der Waals surface area contributed by atoms with Crippen LogP contribution in [0.4, 0.5) is 0 Å². The molecule has 0 saturated carbocycles. The van der Waals surface area contributed by atoms with E-state index >= 15 is 0 Å². The third kappa shape index (κ3) is 2.82. The molecule has 21 heavy (non-hydrogen) atoms. The van der Waals surface area contributed by atoms with Gasteiger partial charge in [-0.05, 0) is 39.9 Å². The first-order valence-corrected chi connectivity index (χ1v) is 8.26. The van der Waals surface area contributed by atoms with Crippen LogP contribution in [0.1, 0.15) is 50.3 Å². The summed E-state index contributed by atoms with van der Waals surface area (Å²) in [5, 5.41) is 3.74. The van der Waals surface area contributed by atoms with Gasteiger partial charge in [0.25, 0.3) is 0 Å². The van der Waals surface area contributed by atoms with Crippen LogP contribution in [0.5, 0.6) is 5.75 Å². The van der Waals surface area contributed by atoms with E-state index in [-0.39, 0.29) is 5.60 Å². The van der Waals surface area contributed by atoms with Crippen molar-refractivity contribution in [3.05, 3.63) is 29.3 Å². The zero-order valence-electron chi connectivity index (χ0n) is 13.8. The van der Waals surface area contributed by atoms with Crippen molar-refractivity contribution in [3.8, 4) is 5.75 Å². The molecule has 2 aliphatic heterocycles. The van der Waals surface area contributed by atoms with Crippen molar-refractivity contribution in [1.29, 1.82) is 0 Å². The van der Waals surface area contributed by atoms with Crippen molar-refractivity contribution < 1.29 is 4.74 Å². The third-order valence-corrected chi connectivity index (χ3v) is 5.04. The summed E-state index contributed by atoms with van der Waals surface area (Å²) >= 11 is 0. The number of hydrogen-bond acceptors (Lipinski definition) is 3. The number of nitrogens with zero attached hydrogens (tertiary/aromatic N) is 1. The van der Waals surface area contributed by atoms with E-state index in [1.165, 1.54) is 17.5 Å². The third-order valence-electron chi connectivity index (χ3n) is 5.04. The Hall–Kier alpha value is -1.06. The van der Waals surface area contributed by atoms with E-state index in [2.05, 4.69) is 56.2 Å². The van der Waals surface area contributed by atoms with E-state index in [0.717, 1.165) is 31.7 Å². The molecule has 3 atom stereocenters. The van der Waals surface area contributed by atoms with Crippen LogP contribution in [0.3, 0.4) is 0 Å². The van der Waals surface area contributed by atoms with Crippen LogP contribution < -0.4 is 10.1 Å². The van der Waals surface area contributed by atoms with Gasteiger partial charge in [0.2, 0.25) is 0 Å². The molecule has 3 unspecified atom stereocenters. The molecule has 1 saturated heterocycles. The molecule has 0 amide bonds. The normalized spacial score (nSPS) is 32.2. The van der Waals surface area contributed by atoms with Gasteiger partial charge in [-0.15, -0.1) is 0 Å². The van der Waals surface area contributed by atoms with Gasteiger partial charge in [0, 0.05) is 37.0 Å². The van der Waals surface area contributed by atoms with Gasteiger partial charge in [0.15, 0.2) is 0 Å². The smallest absolute Gasteiger partial charge is 0.125 e. The molecule has 3 heteroatoms. The van der Waals surface area contributed by atoms with Crippen LogP contribution in [0.25, 0.3) is 0 Å². The highest BCUT2D eigenvalue weighted by molar-refractivity contribution is 5.42. The number of aryl methyl sites for hydroxylation is 1. The monoisotopic (exact) mass is 288 g/mol. The lowest BCUT2D eigenvalue weighted by molar-refractivity contribution is 0.0405. The van der Waals surface area contributed by atoms with Gasteiger partial charge < -0.3 is 10.1 Å². The topological polar surface area (TPSA) is 24.5 Å². The average molecular weight is 288 g/mol. The molecule has 0 bridgehead atoms. The van der Waals surface area contributed by atoms with Crippen molar-refractivity contribution in [2.45, 2.75) is 57.7 Å². The van der Waals surface area contributed by atoms with E-state index in [1.807, 2.05) is 0 Å². The molecule has 1 spiro atoms. The van der Waals surface area contributed by atoms with Crippen molar-refractivity contribution in [3.63, 3.8) is 0 Å². The summed E-state index contributed by atoms with van der Waals surface area (Å²) < 4.78 is 6.50. The Morgan fingerprint density at radius 3 is 2.86 bits per heavy atom. The fourth-order valence-corrected chi connectivity index (χ4v) is 3.88. The van der Waals surface area contributed by atoms with Gasteiger partial charge in [0.05, 0.1) is 0 Å². The van der Waals surface area contributed by atoms with Crippen molar-refractivity contribution >= 4 is 0 Å². The first kappa shape index (κ1) is 14.9. The number of likely N-dealkylation sites (tertiary alicyclic amines) is 1. The van der Waals surface area contributed by atoms with Crippen molar-refractivity contribution in [2.24, 2.45) is 0 Å². The molecule has 2 aliphatic rings. The molecule has 2 heterocycles. The molecule has 0 radical (unpaired) electrons. The van der Waals surface area contributed by atoms with Crippen molar-refractivity contribution in [1.82, 2.24) is 10.2 Å². The Morgan fingerprint density at radius 1 is 1.38 bits per heavy atom. The van der Waals surface area contributed by atoms with E-state index < -0.39 is 0 Å². The maximum atomic E-state index is 6.50. The molecule has 1 aromatic rings. The summed E-state index contributed by atoms with van der Waals surface area (Å²) in [6.07, 6.45) is 3.38. The standard InChI is InChI=1S/C18H28N2O/c1-5-8-19-16-11-18(10-14(3)20(4)12-18)21-17-7-6-13(2)9-15(16)17/h6-7,9,14,16,19H,5,8,10-12H2,1-4H3. The molecule has 0 aromatic heterocycles. The highest BCUT2D eigenvalue weighted by atomic mass is 16.5. The first-order chi connectivity index (χ1) is 10.0. The average Bonchev–Trinajstić information content (AvgIpc) is 2.71. The molecular weight excluding hydrogens is 260 g/mol. The van der Waals surface area contributed by atoms with Crippen LogP contribution in [0, 0.1) is 6.92 Å². The van der Waals surface area contributed by atoms with Gasteiger partial charge in [0.1, 0.15) is 11.4 Å². The van der Waals surface area contributed by atoms with Gasteiger partial charge in [-0.2, -0.15) is 0 Å². The minimum absolute atomic E-state index is 0.0121. The molecule has 1 aromatic carbocycles. The number of benzene rings is 1. The van der Waals surface area contributed by atoms with Crippen LogP contribution in [0.15, 0.2) is 18.2 Å². The Morgan fingerprint density at radius 2 is 2.19 bits per heavy atom. The number of likely N-dealkylation sites (N-methyl/N-ethyl adjacent to an activating group) is 1. The van der Waals surface area contributed by atoms with Gasteiger partial charge in [-0.3, -0.25) is 4.90 Å². The quantitative estimate of drug-likeness (QED) is 0.924. The largest absolute Gasteiger partial charge is 0.485 e. The molecule has 3 rings (SSSR count). The summed E-state index contributed by atoms with van der Waals surface area (Å²) in [6.45, 7) is 8.79. The number of fused-ring (bicyclic) bond motifs is 1. The molecular formula is C18H28N2O. The molecule has 116 valence electrons. The zero-order chi connectivity index (χ0) is 15.0. The van der Waals surface area contributed by atoms with Crippen molar-refractivity contribution in [2.75, 3.05) is 20.1 Å². The van der Waals surface area contributed by atoms with E-state index in [9.17, 15) is 0 Å². The second-order valence-corrected chi connectivity index (χ2v) is 7.01. The Kier molecular flexibility index (Phi) is 3.98. The molecule has 1 fully saturated rings. The van der Waals surface area contributed by atoms with Crippen LogP contribution in [0.2, 0.25) is 0 Å². The zero-order valence-corrected chi connectivity index (χ0v) is 13.8. The predicted molar refractivity (Wildman–Crippen MR) is 86.9 cm³/mol. The highest BCUT2D eigenvalue weighted by Crippen LogP contribution is 2.45. The molecule has 3 nitrogen and oxygen atoms in total. The van der Waals surface area contributed by atoms with E-state index in [1.54, 1.807) is 0 Å². The Bertz CT molecular complexity index is 504. The summed E-state index contributed by atoms with van der Waals surface area (Å²) in [4.78, 5) is 2.43. The van der Waals surface area contributed by atoms with Gasteiger partial charge in [-0.25, -0.2) is 0 Å². The maximum absolute atomic E-state index is 6.50. The predicted octanol–water partition coefficient (Wildman–Crippen LogP) is 3.28. The fraction of sp³-hybridized carbons (Fsp3) is 0.667. The number of rotatable bonds is 3. The lowest BCUT2D eigenvalue weighted by Crippen LogP contribution is -2.46. The second kappa shape index (κ2) is 5.62. The molecule has 1 N–H and O–H groups in total. The number of hydrogen-bond donors (Lipinski definition) is 1. The van der Waals surface area contributed by atoms with Gasteiger partial charge >= 0.3 is 0 Å². The highest BCUT2D eigenvalue weighted by Gasteiger charge is 2.47. The summed E-state index contributed by atoms with van der Waals surface area (Å²) in [5.74, 6) is 1.09. The second-order valence-electron chi connectivity index (χ2n) is 7.01. The van der Waals surface area contributed by atoms with E-state index in [0.29, 0.717) is 12.1 Å². The number of ether oxygens (including phenoxy) is 1. The lowest BCUT2D eigenvalue weighted by atomic mass is 9.85. The molecule has 0 aliphatic carbocycles. The summed E-state index contributed by atoms with van der Waals surface area (Å²) in [5.41, 5.74) is 2.65. The minimum Gasteiger partial charge on any atom is -0.485 e. The SMILES string of the molecule is CCCNC1CC2(CC(C)N(C)C2)Oc2ccc(C)cc21. The minimum atomic E-state index is -0.0121. The Labute approximate surface area is 128 Å². The van der Waals surface area contributed by atoms with Crippen LogP contribution in [-0.2, 0) is 0 Å².